The van der Waals surface area contributed by atoms with E-state index in [0.29, 0.717) is 12.2 Å². The van der Waals surface area contributed by atoms with Crippen LogP contribution in [0.25, 0.3) is 10.9 Å². The maximum atomic E-state index is 12.4. The first-order valence-electron chi connectivity index (χ1n) is 9.33. The second-order valence-electron chi connectivity index (χ2n) is 6.66. The number of nitrogens with one attached hydrogen (secondary N) is 1. The third-order valence-corrected chi connectivity index (χ3v) is 4.63. The number of fused-ring (bicyclic) bond motifs is 1. The first-order valence-corrected chi connectivity index (χ1v) is 9.33. The van der Waals surface area contributed by atoms with E-state index < -0.39 is 6.10 Å². The van der Waals surface area contributed by atoms with E-state index in [0.717, 1.165) is 35.1 Å². The van der Waals surface area contributed by atoms with Gasteiger partial charge in [-0.25, -0.2) is 0 Å². The van der Waals surface area contributed by atoms with Crippen molar-refractivity contribution in [1.29, 1.82) is 0 Å². The number of carbonyl (C=O) groups is 1. The van der Waals surface area contributed by atoms with Gasteiger partial charge >= 0.3 is 0 Å². The van der Waals surface area contributed by atoms with Crippen molar-refractivity contribution in [3.8, 4) is 5.75 Å². The number of rotatable bonds is 8. The first-order chi connectivity index (χ1) is 13.1. The Morgan fingerprint density at radius 3 is 2.67 bits per heavy atom. The highest BCUT2D eigenvalue weighted by Crippen LogP contribution is 2.25. The molecule has 0 spiro atoms. The zero-order valence-electron chi connectivity index (χ0n) is 15.8. The summed E-state index contributed by atoms with van der Waals surface area (Å²) in [5.74, 6) is 0.546. The molecule has 27 heavy (non-hydrogen) atoms. The summed E-state index contributed by atoms with van der Waals surface area (Å²) in [5.41, 5.74) is 2.41. The summed E-state index contributed by atoms with van der Waals surface area (Å²) >= 11 is 0. The van der Waals surface area contributed by atoms with E-state index in [1.807, 2.05) is 42.1 Å². The van der Waals surface area contributed by atoms with Crippen molar-refractivity contribution >= 4 is 16.8 Å². The van der Waals surface area contributed by atoms with Crippen molar-refractivity contribution in [2.45, 2.75) is 25.9 Å². The number of unbranched alkanes of at least 4 members (excludes halogenated alkanes) is 1. The number of aromatic nitrogens is 1. The van der Waals surface area contributed by atoms with Gasteiger partial charge in [0, 0.05) is 41.8 Å². The molecule has 0 saturated heterocycles. The summed E-state index contributed by atoms with van der Waals surface area (Å²) < 4.78 is 7.59. The van der Waals surface area contributed by atoms with Crippen molar-refractivity contribution in [2.75, 3.05) is 13.2 Å². The van der Waals surface area contributed by atoms with Gasteiger partial charge in [0.15, 0.2) is 0 Å². The Bertz CT molecular complexity index is 900. The monoisotopic (exact) mass is 366 g/mol. The van der Waals surface area contributed by atoms with Crippen LogP contribution in [0.2, 0.25) is 0 Å². The Morgan fingerprint density at radius 1 is 1.19 bits per heavy atom. The van der Waals surface area contributed by atoms with Crippen LogP contribution in [0.5, 0.6) is 5.75 Å². The van der Waals surface area contributed by atoms with Gasteiger partial charge in [-0.2, -0.15) is 0 Å². The van der Waals surface area contributed by atoms with Crippen LogP contribution in [-0.2, 0) is 7.05 Å². The molecular weight excluding hydrogens is 340 g/mol. The highest BCUT2D eigenvalue weighted by atomic mass is 16.5. The number of aryl methyl sites for hydroxylation is 1. The number of carbonyl (C=O) groups excluding carboxylic acids is 1. The van der Waals surface area contributed by atoms with Crippen LogP contribution in [0.4, 0.5) is 0 Å². The number of nitrogens with zero attached hydrogens (tertiary/aromatic N) is 1. The normalized spacial score (nSPS) is 12.1. The minimum Gasteiger partial charge on any atom is -0.494 e. The third-order valence-electron chi connectivity index (χ3n) is 4.63. The van der Waals surface area contributed by atoms with Crippen molar-refractivity contribution in [3.05, 3.63) is 65.9 Å². The van der Waals surface area contributed by atoms with Crippen molar-refractivity contribution in [3.63, 3.8) is 0 Å². The van der Waals surface area contributed by atoms with E-state index in [-0.39, 0.29) is 12.5 Å². The zero-order chi connectivity index (χ0) is 19.2. The fraction of sp³-hybridized carbons (Fsp3) is 0.318. The van der Waals surface area contributed by atoms with E-state index in [1.165, 1.54) is 0 Å². The summed E-state index contributed by atoms with van der Waals surface area (Å²) in [7, 11) is 1.95. The molecule has 0 radical (unpaired) electrons. The Kier molecular flexibility index (Phi) is 6.14. The van der Waals surface area contributed by atoms with Gasteiger partial charge in [-0.1, -0.05) is 31.5 Å². The van der Waals surface area contributed by atoms with E-state index in [2.05, 4.69) is 12.2 Å². The highest BCUT2D eigenvalue weighted by Gasteiger charge is 2.16. The number of ether oxygens (including phenoxy) is 1. The van der Waals surface area contributed by atoms with Crippen LogP contribution in [0.1, 0.15) is 41.8 Å². The average Bonchev–Trinajstić information content (AvgIpc) is 3.04. The molecule has 1 amide bonds. The fourth-order valence-electron chi connectivity index (χ4n) is 3.08. The quantitative estimate of drug-likeness (QED) is 0.596. The number of hydrogen-bond acceptors (Lipinski definition) is 3. The number of amides is 1. The molecule has 1 heterocycles. The molecule has 2 N–H and O–H groups in total. The molecular formula is C22H26N2O3. The lowest BCUT2D eigenvalue weighted by Gasteiger charge is -2.12. The largest absolute Gasteiger partial charge is 0.494 e. The summed E-state index contributed by atoms with van der Waals surface area (Å²) in [4.78, 5) is 12.4. The molecule has 1 unspecified atom stereocenters. The lowest BCUT2D eigenvalue weighted by atomic mass is 10.1. The van der Waals surface area contributed by atoms with E-state index in [4.69, 9.17) is 4.74 Å². The highest BCUT2D eigenvalue weighted by molar-refractivity contribution is 5.94. The van der Waals surface area contributed by atoms with Crippen molar-refractivity contribution in [2.24, 2.45) is 7.05 Å². The van der Waals surface area contributed by atoms with Crippen LogP contribution < -0.4 is 10.1 Å². The summed E-state index contributed by atoms with van der Waals surface area (Å²) in [6.45, 7) is 2.95. The molecule has 5 heteroatoms. The minimum absolute atomic E-state index is 0.154. The summed E-state index contributed by atoms with van der Waals surface area (Å²) in [6.07, 6.45) is 3.23. The average molecular weight is 366 g/mol. The Morgan fingerprint density at radius 2 is 1.93 bits per heavy atom. The van der Waals surface area contributed by atoms with E-state index in [9.17, 15) is 9.90 Å². The predicted octanol–water partition coefficient (Wildman–Crippen LogP) is 3.82. The van der Waals surface area contributed by atoms with Crippen LogP contribution in [0.3, 0.4) is 0 Å². The summed E-state index contributed by atoms with van der Waals surface area (Å²) in [5, 5.41) is 14.3. The van der Waals surface area contributed by atoms with Gasteiger partial charge in [-0.15, -0.1) is 0 Å². The SMILES string of the molecule is CCCCOc1ccc(C(=O)NCC(O)c2cn(C)c3ccccc23)cc1. The molecule has 0 aliphatic rings. The Labute approximate surface area is 159 Å². The van der Waals surface area contributed by atoms with Gasteiger partial charge in [-0.05, 0) is 36.8 Å². The van der Waals surface area contributed by atoms with Crippen molar-refractivity contribution in [1.82, 2.24) is 9.88 Å². The van der Waals surface area contributed by atoms with Gasteiger partial charge in [-0.3, -0.25) is 4.79 Å². The van der Waals surface area contributed by atoms with Crippen LogP contribution in [0.15, 0.2) is 54.7 Å². The molecule has 1 atom stereocenters. The minimum atomic E-state index is -0.767. The van der Waals surface area contributed by atoms with Crippen LogP contribution in [0, 0.1) is 0 Å². The Balaban J connectivity index is 1.59. The lowest BCUT2D eigenvalue weighted by Crippen LogP contribution is -2.28. The molecule has 142 valence electrons. The molecule has 0 bridgehead atoms. The molecule has 5 nitrogen and oxygen atoms in total. The topological polar surface area (TPSA) is 63.5 Å². The van der Waals surface area contributed by atoms with E-state index >= 15 is 0 Å². The molecule has 0 aliphatic heterocycles. The second-order valence-corrected chi connectivity index (χ2v) is 6.66. The van der Waals surface area contributed by atoms with Crippen molar-refractivity contribution < 1.29 is 14.6 Å². The maximum Gasteiger partial charge on any atom is 0.251 e. The van der Waals surface area contributed by atoms with E-state index in [1.54, 1.807) is 24.3 Å². The maximum absolute atomic E-state index is 12.4. The number of aliphatic hydroxyl groups is 1. The standard InChI is InChI=1S/C22H26N2O3/c1-3-4-13-27-17-11-9-16(10-12-17)22(26)23-14-21(25)19-15-24(2)20-8-6-5-7-18(19)20/h5-12,15,21,25H,3-4,13-14H2,1-2H3,(H,23,26). The lowest BCUT2D eigenvalue weighted by molar-refractivity contribution is 0.0917. The number of hydrogen-bond donors (Lipinski definition) is 2. The molecule has 0 saturated carbocycles. The fourth-order valence-corrected chi connectivity index (χ4v) is 3.08. The summed E-state index contributed by atoms with van der Waals surface area (Å²) in [6, 6.07) is 15.0. The second kappa shape index (κ2) is 8.73. The van der Waals surface area contributed by atoms with Gasteiger partial charge in [0.2, 0.25) is 0 Å². The van der Waals surface area contributed by atoms with Crippen LogP contribution >= 0.6 is 0 Å². The van der Waals surface area contributed by atoms with Gasteiger partial charge in [0.05, 0.1) is 12.7 Å². The first kappa shape index (κ1) is 19.0. The smallest absolute Gasteiger partial charge is 0.251 e. The predicted molar refractivity (Wildman–Crippen MR) is 107 cm³/mol. The number of benzene rings is 2. The molecule has 3 rings (SSSR count). The van der Waals surface area contributed by atoms with Gasteiger partial charge in [0.1, 0.15) is 5.75 Å². The van der Waals surface area contributed by atoms with Crippen LogP contribution in [-0.4, -0.2) is 28.7 Å². The third kappa shape index (κ3) is 4.49. The van der Waals surface area contributed by atoms with Gasteiger partial charge in [0.25, 0.3) is 5.91 Å². The zero-order valence-corrected chi connectivity index (χ0v) is 15.8. The van der Waals surface area contributed by atoms with Gasteiger partial charge < -0.3 is 19.7 Å². The molecule has 2 aromatic carbocycles. The molecule has 1 aromatic heterocycles. The molecule has 0 fully saturated rings. The molecule has 0 aliphatic carbocycles. The molecule has 3 aromatic rings. The number of para-hydroxylation sites is 1. The Hall–Kier alpha value is -2.79. The number of aliphatic hydroxyl groups excluding tert-OH is 1.